The molecule has 1 unspecified atom stereocenters. The maximum Gasteiger partial charge on any atom is 0.295 e. The third-order valence-corrected chi connectivity index (χ3v) is 3.01. The molecule has 0 fully saturated rings. The fraction of sp³-hybridized carbons (Fsp3) is 0.538. The average Bonchev–Trinajstić information content (AvgIpc) is 2.24. The van der Waals surface area contributed by atoms with Crippen molar-refractivity contribution in [3.63, 3.8) is 0 Å². The van der Waals surface area contributed by atoms with Crippen molar-refractivity contribution in [2.45, 2.75) is 40.2 Å². The van der Waals surface area contributed by atoms with Gasteiger partial charge in [0.05, 0.1) is 4.92 Å². The van der Waals surface area contributed by atoms with Gasteiger partial charge in [0.2, 0.25) is 0 Å². The first-order chi connectivity index (χ1) is 7.97. The highest BCUT2D eigenvalue weighted by atomic mass is 16.6. The summed E-state index contributed by atoms with van der Waals surface area (Å²) in [5, 5.41) is 14.3. The van der Waals surface area contributed by atoms with Gasteiger partial charge in [0, 0.05) is 11.6 Å². The van der Waals surface area contributed by atoms with Crippen LogP contribution in [0.25, 0.3) is 0 Å². The van der Waals surface area contributed by atoms with Crippen molar-refractivity contribution in [1.29, 1.82) is 0 Å². The van der Waals surface area contributed by atoms with Crippen molar-refractivity contribution in [3.8, 4) is 0 Å². The zero-order chi connectivity index (χ0) is 13.0. The Kier molecular flexibility index (Phi) is 4.49. The molecule has 0 aromatic heterocycles. The van der Waals surface area contributed by atoms with Crippen molar-refractivity contribution in [2.24, 2.45) is 5.92 Å². The van der Waals surface area contributed by atoms with Gasteiger partial charge in [-0.05, 0) is 25.3 Å². The Morgan fingerprint density at radius 2 is 2.06 bits per heavy atom. The Hall–Kier alpha value is -1.58. The molecule has 17 heavy (non-hydrogen) atoms. The predicted molar refractivity (Wildman–Crippen MR) is 70.4 cm³/mol. The molecule has 1 rings (SSSR count). The Balaban J connectivity index is 3.05. The number of nitro benzene ring substituents is 1. The van der Waals surface area contributed by atoms with Crippen LogP contribution in [-0.2, 0) is 0 Å². The van der Waals surface area contributed by atoms with Crippen LogP contribution in [0.2, 0.25) is 0 Å². The van der Waals surface area contributed by atoms with E-state index in [0.29, 0.717) is 17.2 Å². The van der Waals surface area contributed by atoms with Crippen LogP contribution in [0.1, 0.15) is 32.8 Å². The second-order valence-corrected chi connectivity index (χ2v) is 4.63. The zero-order valence-corrected chi connectivity index (χ0v) is 10.9. The number of anilines is 1. The predicted octanol–water partition coefficient (Wildman–Crippen LogP) is 3.75. The summed E-state index contributed by atoms with van der Waals surface area (Å²) in [4.78, 5) is 10.7. The molecule has 4 nitrogen and oxygen atoms in total. The quantitative estimate of drug-likeness (QED) is 0.625. The molecule has 0 heterocycles. The molecule has 0 bridgehead atoms. The maximum atomic E-state index is 11.0. The summed E-state index contributed by atoms with van der Waals surface area (Å²) in [6.07, 6.45) is 0.947. The van der Waals surface area contributed by atoms with Gasteiger partial charge in [0.25, 0.3) is 5.69 Å². The van der Waals surface area contributed by atoms with E-state index in [-0.39, 0.29) is 16.7 Å². The van der Waals surface area contributed by atoms with Gasteiger partial charge in [-0.15, -0.1) is 0 Å². The van der Waals surface area contributed by atoms with Crippen LogP contribution in [0, 0.1) is 23.0 Å². The zero-order valence-electron chi connectivity index (χ0n) is 10.9. The Morgan fingerprint density at radius 1 is 1.41 bits per heavy atom. The number of nitrogens with one attached hydrogen (secondary N) is 1. The van der Waals surface area contributed by atoms with Gasteiger partial charge in [-0.3, -0.25) is 10.1 Å². The molecule has 0 spiro atoms. The molecule has 0 saturated heterocycles. The van der Waals surface area contributed by atoms with Crippen molar-refractivity contribution in [3.05, 3.63) is 33.9 Å². The van der Waals surface area contributed by atoms with Crippen LogP contribution in [0.15, 0.2) is 18.2 Å². The normalized spacial score (nSPS) is 12.5. The lowest BCUT2D eigenvalue weighted by atomic mass is 10.0. The van der Waals surface area contributed by atoms with E-state index in [1.807, 2.05) is 6.07 Å². The standard InChI is InChI=1S/C13H20N2O2/c1-5-11(9(2)3)14-12-8-6-7-10(4)13(12)15(16)17/h6-9,11,14H,5H2,1-4H3. The summed E-state index contributed by atoms with van der Waals surface area (Å²) < 4.78 is 0. The molecule has 0 amide bonds. The van der Waals surface area contributed by atoms with Gasteiger partial charge >= 0.3 is 0 Å². The highest BCUT2D eigenvalue weighted by Crippen LogP contribution is 2.29. The van der Waals surface area contributed by atoms with E-state index in [0.717, 1.165) is 6.42 Å². The molecule has 1 aromatic carbocycles. The van der Waals surface area contributed by atoms with Gasteiger partial charge in [-0.25, -0.2) is 0 Å². The fourth-order valence-electron chi connectivity index (χ4n) is 1.96. The molecule has 0 aliphatic heterocycles. The third-order valence-electron chi connectivity index (χ3n) is 3.01. The van der Waals surface area contributed by atoms with Crippen molar-refractivity contribution in [1.82, 2.24) is 0 Å². The first-order valence-electron chi connectivity index (χ1n) is 5.97. The molecule has 4 heteroatoms. The van der Waals surface area contributed by atoms with Crippen molar-refractivity contribution in [2.75, 3.05) is 5.32 Å². The average molecular weight is 236 g/mol. The number of aryl methyl sites for hydroxylation is 1. The summed E-state index contributed by atoms with van der Waals surface area (Å²) in [5.41, 5.74) is 1.50. The summed E-state index contributed by atoms with van der Waals surface area (Å²) in [6, 6.07) is 5.64. The van der Waals surface area contributed by atoms with Gasteiger partial charge in [0.1, 0.15) is 5.69 Å². The number of hydrogen-bond acceptors (Lipinski definition) is 3. The molecule has 1 atom stereocenters. The van der Waals surface area contributed by atoms with E-state index in [2.05, 4.69) is 26.1 Å². The van der Waals surface area contributed by atoms with Crippen molar-refractivity contribution >= 4 is 11.4 Å². The lowest BCUT2D eigenvalue weighted by Crippen LogP contribution is -2.25. The largest absolute Gasteiger partial charge is 0.377 e. The Labute approximate surface area is 102 Å². The van der Waals surface area contributed by atoms with Crippen LogP contribution >= 0.6 is 0 Å². The van der Waals surface area contributed by atoms with Crippen LogP contribution < -0.4 is 5.32 Å². The summed E-state index contributed by atoms with van der Waals surface area (Å²) in [5.74, 6) is 0.445. The SMILES string of the molecule is CCC(Nc1cccc(C)c1[N+](=O)[O-])C(C)C. The second kappa shape index (κ2) is 5.66. The van der Waals surface area contributed by atoms with E-state index >= 15 is 0 Å². The molecular weight excluding hydrogens is 216 g/mol. The number of benzene rings is 1. The first kappa shape index (κ1) is 13.5. The molecule has 1 aromatic rings. The Morgan fingerprint density at radius 3 is 2.53 bits per heavy atom. The smallest absolute Gasteiger partial charge is 0.295 e. The van der Waals surface area contributed by atoms with E-state index in [1.54, 1.807) is 19.1 Å². The van der Waals surface area contributed by atoms with Crippen LogP contribution in [0.3, 0.4) is 0 Å². The minimum absolute atomic E-state index is 0.187. The Bertz CT molecular complexity index is 402. The summed E-state index contributed by atoms with van der Waals surface area (Å²) in [6.45, 7) is 8.07. The molecule has 0 aliphatic carbocycles. The number of rotatable bonds is 5. The molecule has 1 N–H and O–H groups in total. The number of nitrogens with zero attached hydrogens (tertiary/aromatic N) is 1. The van der Waals surface area contributed by atoms with E-state index in [1.165, 1.54) is 0 Å². The number of para-hydroxylation sites is 1. The maximum absolute atomic E-state index is 11.0. The van der Waals surface area contributed by atoms with Crippen molar-refractivity contribution < 1.29 is 4.92 Å². The monoisotopic (exact) mass is 236 g/mol. The van der Waals surface area contributed by atoms with Gasteiger partial charge in [0.15, 0.2) is 0 Å². The van der Waals surface area contributed by atoms with Crippen LogP contribution in [0.5, 0.6) is 0 Å². The second-order valence-electron chi connectivity index (χ2n) is 4.63. The molecule has 0 saturated carbocycles. The van der Waals surface area contributed by atoms with Gasteiger partial charge in [-0.1, -0.05) is 32.9 Å². The molecular formula is C13H20N2O2. The van der Waals surface area contributed by atoms with Crippen LogP contribution in [-0.4, -0.2) is 11.0 Å². The van der Waals surface area contributed by atoms with Gasteiger partial charge < -0.3 is 5.32 Å². The van der Waals surface area contributed by atoms with Gasteiger partial charge in [-0.2, -0.15) is 0 Å². The summed E-state index contributed by atoms with van der Waals surface area (Å²) in [7, 11) is 0. The lowest BCUT2D eigenvalue weighted by molar-refractivity contribution is -0.384. The number of nitro groups is 1. The van der Waals surface area contributed by atoms with E-state index < -0.39 is 0 Å². The highest BCUT2D eigenvalue weighted by Gasteiger charge is 2.20. The molecule has 94 valence electrons. The van der Waals surface area contributed by atoms with E-state index in [9.17, 15) is 10.1 Å². The third kappa shape index (κ3) is 3.19. The highest BCUT2D eigenvalue weighted by molar-refractivity contribution is 5.65. The lowest BCUT2D eigenvalue weighted by Gasteiger charge is -2.22. The minimum atomic E-state index is -0.315. The molecule has 0 aliphatic rings. The summed E-state index contributed by atoms with van der Waals surface area (Å²) >= 11 is 0. The number of hydrogen-bond donors (Lipinski definition) is 1. The first-order valence-corrected chi connectivity index (χ1v) is 5.97. The van der Waals surface area contributed by atoms with Crippen LogP contribution in [0.4, 0.5) is 11.4 Å². The fourth-order valence-corrected chi connectivity index (χ4v) is 1.96. The van der Waals surface area contributed by atoms with E-state index in [4.69, 9.17) is 0 Å². The topological polar surface area (TPSA) is 55.2 Å². The molecule has 0 radical (unpaired) electrons. The minimum Gasteiger partial charge on any atom is -0.377 e.